The number of rotatable bonds is 2. The molecule has 0 bridgehead atoms. The Morgan fingerprint density at radius 3 is 1.94 bits per heavy atom. The number of carboxylic acid groups (broad SMARTS) is 1. The van der Waals surface area contributed by atoms with Crippen LogP contribution in [0.4, 0.5) is 0 Å². The Hall–Kier alpha value is -2.69. The van der Waals surface area contributed by atoms with Crippen LogP contribution in [-0.2, 0) is 0 Å². The molecule has 0 aliphatic carbocycles. The highest BCUT2D eigenvalue weighted by Crippen LogP contribution is 1.94. The van der Waals surface area contributed by atoms with E-state index in [9.17, 15) is 9.59 Å². The molecule has 0 aliphatic rings. The molecule has 5 heteroatoms. The van der Waals surface area contributed by atoms with E-state index < -0.39 is 5.97 Å². The number of carbonyl (C=O) groups excluding carboxylic acids is 1. The summed E-state index contributed by atoms with van der Waals surface area (Å²) in [5, 5.41) is 8.34. The van der Waals surface area contributed by atoms with Crippen molar-refractivity contribution in [3.05, 3.63) is 66.0 Å². The van der Waals surface area contributed by atoms with Gasteiger partial charge in [0, 0.05) is 18.0 Å². The number of carbonyl (C=O) groups is 2. The van der Waals surface area contributed by atoms with E-state index in [-0.39, 0.29) is 11.5 Å². The maximum Gasteiger partial charge on any atom is 0.337 e. The van der Waals surface area contributed by atoms with Gasteiger partial charge in [0.2, 0.25) is 5.91 Å². The zero-order valence-corrected chi connectivity index (χ0v) is 9.48. The maximum atomic E-state index is 10.4. The molecule has 0 aliphatic heterocycles. The number of hydrogen-bond acceptors (Lipinski definition) is 3. The minimum atomic E-state index is -0.942. The predicted octanol–water partition coefficient (Wildman–Crippen LogP) is 1.57. The van der Waals surface area contributed by atoms with Gasteiger partial charge in [-0.3, -0.25) is 9.78 Å². The van der Waals surface area contributed by atoms with Crippen molar-refractivity contribution in [1.82, 2.24) is 4.98 Å². The van der Waals surface area contributed by atoms with E-state index in [2.05, 4.69) is 4.98 Å². The number of pyridine rings is 1. The molecule has 0 fully saturated rings. The number of hydrogen-bond donors (Lipinski definition) is 2. The fourth-order valence-corrected chi connectivity index (χ4v) is 1.09. The molecule has 1 aromatic carbocycles. The fraction of sp³-hybridized carbons (Fsp3) is 0. The van der Waals surface area contributed by atoms with Gasteiger partial charge in [0.1, 0.15) is 0 Å². The molecular weight excluding hydrogens is 232 g/mol. The van der Waals surface area contributed by atoms with Gasteiger partial charge in [-0.25, -0.2) is 4.79 Å². The topological polar surface area (TPSA) is 93.3 Å². The number of nitrogens with zero attached hydrogens (tertiary/aromatic N) is 1. The molecule has 3 N–H and O–H groups in total. The van der Waals surface area contributed by atoms with Crippen molar-refractivity contribution in [3.8, 4) is 0 Å². The smallest absolute Gasteiger partial charge is 0.337 e. The van der Waals surface area contributed by atoms with Gasteiger partial charge < -0.3 is 10.8 Å². The highest BCUT2D eigenvalue weighted by molar-refractivity contribution is 5.92. The Labute approximate surface area is 104 Å². The summed E-state index contributed by atoms with van der Waals surface area (Å²) < 4.78 is 0. The van der Waals surface area contributed by atoms with Gasteiger partial charge in [0.05, 0.1) is 5.56 Å². The summed E-state index contributed by atoms with van der Waals surface area (Å²) in [6, 6.07) is 11.8. The molecule has 0 saturated carbocycles. The molecule has 0 atom stereocenters. The molecular formula is C13H12N2O3. The highest BCUT2D eigenvalue weighted by atomic mass is 16.4. The van der Waals surface area contributed by atoms with Gasteiger partial charge in [0.15, 0.2) is 0 Å². The molecule has 0 saturated heterocycles. The molecule has 0 spiro atoms. The van der Waals surface area contributed by atoms with E-state index in [1.165, 1.54) is 18.5 Å². The lowest BCUT2D eigenvalue weighted by atomic mass is 10.2. The maximum absolute atomic E-state index is 10.4. The molecule has 0 radical (unpaired) electrons. The fourth-order valence-electron chi connectivity index (χ4n) is 1.09. The van der Waals surface area contributed by atoms with Gasteiger partial charge in [-0.15, -0.1) is 0 Å². The third kappa shape index (κ3) is 4.44. The van der Waals surface area contributed by atoms with Crippen LogP contribution in [0.2, 0.25) is 0 Å². The summed E-state index contributed by atoms with van der Waals surface area (Å²) in [6.45, 7) is 0. The van der Waals surface area contributed by atoms with Gasteiger partial charge in [0.25, 0.3) is 0 Å². The Bertz CT molecular complexity index is 463. The van der Waals surface area contributed by atoms with E-state index >= 15 is 0 Å². The summed E-state index contributed by atoms with van der Waals surface area (Å²) in [5.74, 6) is -1.32. The van der Waals surface area contributed by atoms with E-state index in [0.29, 0.717) is 5.56 Å². The molecule has 0 unspecified atom stereocenters. The molecule has 18 heavy (non-hydrogen) atoms. The largest absolute Gasteiger partial charge is 0.478 e. The van der Waals surface area contributed by atoms with Crippen molar-refractivity contribution >= 4 is 11.9 Å². The van der Waals surface area contributed by atoms with Crippen molar-refractivity contribution in [1.29, 1.82) is 0 Å². The van der Waals surface area contributed by atoms with Crippen molar-refractivity contribution in [2.24, 2.45) is 5.73 Å². The SMILES string of the molecule is NC(=O)c1ccccc1.O=C(O)c1cccnc1. The number of aromatic nitrogens is 1. The summed E-state index contributed by atoms with van der Waals surface area (Å²) in [5.41, 5.74) is 5.75. The summed E-state index contributed by atoms with van der Waals surface area (Å²) in [6.07, 6.45) is 2.84. The standard InChI is InChI=1S/C7H7NO.C6H5NO2/c8-7(9)6-4-2-1-3-5-6;8-6(9)5-2-1-3-7-4-5/h1-5H,(H2,8,9);1-4H,(H,8,9). The van der Waals surface area contributed by atoms with Gasteiger partial charge in [-0.1, -0.05) is 18.2 Å². The monoisotopic (exact) mass is 244 g/mol. The molecule has 2 rings (SSSR count). The van der Waals surface area contributed by atoms with Crippen molar-refractivity contribution in [3.63, 3.8) is 0 Å². The van der Waals surface area contributed by atoms with Crippen molar-refractivity contribution in [2.45, 2.75) is 0 Å². The lowest BCUT2D eigenvalue weighted by Gasteiger charge is -1.89. The van der Waals surface area contributed by atoms with E-state index in [1.807, 2.05) is 6.07 Å². The van der Waals surface area contributed by atoms with Gasteiger partial charge in [-0.05, 0) is 24.3 Å². The van der Waals surface area contributed by atoms with Crippen LogP contribution in [-0.4, -0.2) is 22.0 Å². The molecule has 92 valence electrons. The Morgan fingerprint density at radius 2 is 1.61 bits per heavy atom. The van der Waals surface area contributed by atoms with Gasteiger partial charge >= 0.3 is 5.97 Å². The van der Waals surface area contributed by atoms with E-state index in [0.717, 1.165) is 0 Å². The zero-order valence-electron chi connectivity index (χ0n) is 9.48. The van der Waals surface area contributed by atoms with Crippen molar-refractivity contribution < 1.29 is 14.7 Å². The Balaban J connectivity index is 0.000000180. The van der Waals surface area contributed by atoms with Gasteiger partial charge in [-0.2, -0.15) is 0 Å². The van der Waals surface area contributed by atoms with Crippen LogP contribution in [0.3, 0.4) is 0 Å². The molecule has 2 aromatic rings. The third-order valence-electron chi connectivity index (χ3n) is 1.97. The third-order valence-corrected chi connectivity index (χ3v) is 1.97. The summed E-state index contributed by atoms with van der Waals surface area (Å²) in [7, 11) is 0. The number of benzene rings is 1. The van der Waals surface area contributed by atoms with E-state index in [1.54, 1.807) is 30.3 Å². The lowest BCUT2D eigenvalue weighted by molar-refractivity contribution is 0.0696. The number of primary amides is 1. The van der Waals surface area contributed by atoms with Crippen LogP contribution >= 0.6 is 0 Å². The quantitative estimate of drug-likeness (QED) is 0.838. The number of aromatic carboxylic acids is 1. The Morgan fingerprint density at radius 1 is 1.00 bits per heavy atom. The lowest BCUT2D eigenvalue weighted by Crippen LogP contribution is -2.09. The average Bonchev–Trinajstić information content (AvgIpc) is 2.41. The molecule has 5 nitrogen and oxygen atoms in total. The van der Waals surface area contributed by atoms with Crippen LogP contribution in [0.1, 0.15) is 20.7 Å². The normalized spacial score (nSPS) is 8.89. The Kier molecular flexibility index (Phi) is 5.05. The van der Waals surface area contributed by atoms with Crippen LogP contribution < -0.4 is 5.73 Å². The highest BCUT2D eigenvalue weighted by Gasteiger charge is 1.97. The average molecular weight is 244 g/mol. The number of carboxylic acids is 1. The van der Waals surface area contributed by atoms with Crippen LogP contribution in [0.5, 0.6) is 0 Å². The second-order valence-electron chi connectivity index (χ2n) is 3.28. The minimum Gasteiger partial charge on any atom is -0.478 e. The first-order chi connectivity index (χ1) is 8.61. The molecule has 1 amide bonds. The van der Waals surface area contributed by atoms with Crippen molar-refractivity contribution in [2.75, 3.05) is 0 Å². The van der Waals surface area contributed by atoms with E-state index in [4.69, 9.17) is 10.8 Å². The van der Waals surface area contributed by atoms with Crippen LogP contribution in [0, 0.1) is 0 Å². The molecule has 1 aromatic heterocycles. The predicted molar refractivity (Wildman–Crippen MR) is 66.2 cm³/mol. The first kappa shape index (κ1) is 13.4. The second kappa shape index (κ2) is 6.80. The second-order valence-corrected chi connectivity index (χ2v) is 3.28. The number of amides is 1. The number of nitrogens with two attached hydrogens (primary N) is 1. The molecule has 1 heterocycles. The summed E-state index contributed by atoms with van der Waals surface area (Å²) >= 11 is 0. The van der Waals surface area contributed by atoms with Crippen LogP contribution in [0.25, 0.3) is 0 Å². The first-order valence-electron chi connectivity index (χ1n) is 5.09. The zero-order chi connectivity index (χ0) is 13.4. The first-order valence-corrected chi connectivity index (χ1v) is 5.09. The summed E-state index contributed by atoms with van der Waals surface area (Å²) in [4.78, 5) is 24.2. The minimum absolute atomic E-state index is 0.220. The van der Waals surface area contributed by atoms with Crippen LogP contribution in [0.15, 0.2) is 54.9 Å².